The van der Waals surface area contributed by atoms with Gasteiger partial charge in [-0.05, 0) is 31.9 Å². The number of nitrogens with zero attached hydrogens (tertiary/aromatic N) is 1. The van der Waals surface area contributed by atoms with E-state index in [-0.39, 0.29) is 12.0 Å². The average molecular weight is 293 g/mol. The summed E-state index contributed by atoms with van der Waals surface area (Å²) in [5.41, 5.74) is 0.554. The highest BCUT2D eigenvalue weighted by atomic mass is 16.5. The molecule has 1 atom stereocenters. The molecular weight excluding hydrogens is 270 g/mol. The summed E-state index contributed by atoms with van der Waals surface area (Å²) in [6.07, 6.45) is 2.24. The lowest BCUT2D eigenvalue weighted by Gasteiger charge is -2.24. The van der Waals surface area contributed by atoms with E-state index < -0.39 is 0 Å². The van der Waals surface area contributed by atoms with Crippen molar-refractivity contribution in [3.05, 3.63) is 23.8 Å². The van der Waals surface area contributed by atoms with Crippen molar-refractivity contribution < 1.29 is 19.0 Å². The summed E-state index contributed by atoms with van der Waals surface area (Å²) in [5, 5.41) is 0. The molecule has 1 aromatic carbocycles. The number of hydrogen-bond acceptors (Lipinski definition) is 4. The van der Waals surface area contributed by atoms with Crippen molar-refractivity contribution in [1.29, 1.82) is 0 Å². The first-order valence-corrected chi connectivity index (χ1v) is 7.32. The third-order valence-corrected chi connectivity index (χ3v) is 3.76. The first-order valence-electron chi connectivity index (χ1n) is 7.32. The number of amides is 1. The molecular formula is C16H23NO4. The molecule has 0 aliphatic carbocycles. The Morgan fingerprint density at radius 3 is 2.76 bits per heavy atom. The molecule has 0 spiro atoms. The summed E-state index contributed by atoms with van der Waals surface area (Å²) in [4.78, 5) is 14.5. The molecule has 5 heteroatoms. The Kier molecular flexibility index (Phi) is 5.44. The molecule has 0 N–H and O–H groups in total. The zero-order chi connectivity index (χ0) is 15.2. The van der Waals surface area contributed by atoms with Crippen LogP contribution >= 0.6 is 0 Å². The highest BCUT2D eigenvalue weighted by Crippen LogP contribution is 2.26. The Morgan fingerprint density at radius 2 is 2.19 bits per heavy atom. The van der Waals surface area contributed by atoms with Crippen LogP contribution in [-0.2, 0) is 4.74 Å². The largest absolute Gasteiger partial charge is 0.497 e. The number of ether oxygens (including phenoxy) is 3. The number of methoxy groups -OCH3 is 2. The second kappa shape index (κ2) is 7.31. The molecule has 0 unspecified atom stereocenters. The third-order valence-electron chi connectivity index (χ3n) is 3.76. The Hall–Kier alpha value is -1.75. The van der Waals surface area contributed by atoms with Gasteiger partial charge in [0.05, 0.1) is 25.9 Å². The molecule has 0 bridgehead atoms. The maximum atomic E-state index is 12.7. The van der Waals surface area contributed by atoms with Gasteiger partial charge < -0.3 is 19.1 Å². The molecule has 1 aromatic rings. The number of carbonyl (C=O) groups excluding carboxylic acids is 1. The first kappa shape index (κ1) is 15.6. The summed E-state index contributed by atoms with van der Waals surface area (Å²) < 4.78 is 16.1. The van der Waals surface area contributed by atoms with E-state index in [0.29, 0.717) is 30.2 Å². The molecule has 2 rings (SSSR count). The van der Waals surface area contributed by atoms with Crippen LogP contribution in [0.1, 0.15) is 30.1 Å². The van der Waals surface area contributed by atoms with E-state index >= 15 is 0 Å². The lowest BCUT2D eigenvalue weighted by molar-refractivity contribution is 0.0536. The normalized spacial score (nSPS) is 17.6. The molecule has 0 saturated carbocycles. The maximum Gasteiger partial charge on any atom is 0.257 e. The van der Waals surface area contributed by atoms with Crippen LogP contribution in [0.4, 0.5) is 0 Å². The van der Waals surface area contributed by atoms with Gasteiger partial charge in [0.1, 0.15) is 11.5 Å². The van der Waals surface area contributed by atoms with Crippen molar-refractivity contribution >= 4 is 5.91 Å². The topological polar surface area (TPSA) is 48.0 Å². The van der Waals surface area contributed by atoms with Crippen LogP contribution in [0.15, 0.2) is 18.2 Å². The lowest BCUT2D eigenvalue weighted by atomic mass is 10.1. The summed E-state index contributed by atoms with van der Waals surface area (Å²) in [6.45, 7) is 4.05. The average Bonchev–Trinajstić information content (AvgIpc) is 3.04. The van der Waals surface area contributed by atoms with Crippen molar-refractivity contribution in [1.82, 2.24) is 4.90 Å². The van der Waals surface area contributed by atoms with Crippen molar-refractivity contribution in [3.8, 4) is 11.5 Å². The quantitative estimate of drug-likeness (QED) is 0.808. The monoisotopic (exact) mass is 293 g/mol. The maximum absolute atomic E-state index is 12.7. The Labute approximate surface area is 125 Å². The molecule has 1 aliphatic rings. The molecule has 0 radical (unpaired) electrons. The van der Waals surface area contributed by atoms with Crippen molar-refractivity contribution in [2.45, 2.75) is 25.9 Å². The first-order chi connectivity index (χ1) is 10.2. The van der Waals surface area contributed by atoms with Crippen LogP contribution in [0, 0.1) is 0 Å². The zero-order valence-corrected chi connectivity index (χ0v) is 12.9. The van der Waals surface area contributed by atoms with Gasteiger partial charge in [0.25, 0.3) is 5.91 Å². The smallest absolute Gasteiger partial charge is 0.257 e. The van der Waals surface area contributed by atoms with Gasteiger partial charge in [0, 0.05) is 25.8 Å². The van der Waals surface area contributed by atoms with Crippen LogP contribution in [0.3, 0.4) is 0 Å². The molecule has 0 aromatic heterocycles. The zero-order valence-electron chi connectivity index (χ0n) is 12.9. The molecule has 1 aliphatic heterocycles. The molecule has 116 valence electrons. The number of likely N-dealkylation sites (N-methyl/N-ethyl adjacent to an activating group) is 1. The molecule has 1 amide bonds. The van der Waals surface area contributed by atoms with Gasteiger partial charge in [0.2, 0.25) is 0 Å². The highest BCUT2D eigenvalue weighted by Gasteiger charge is 2.24. The van der Waals surface area contributed by atoms with Crippen LogP contribution < -0.4 is 9.47 Å². The second-order valence-corrected chi connectivity index (χ2v) is 5.05. The standard InChI is InChI=1S/C16H23NO4/c1-4-17(11-13-6-5-9-21-13)16(18)14-8-7-12(19-2)10-15(14)20-3/h7-8,10,13H,4-6,9,11H2,1-3H3/t13-/m1/s1. The number of rotatable bonds is 6. The Morgan fingerprint density at radius 1 is 1.38 bits per heavy atom. The van der Waals surface area contributed by atoms with E-state index in [0.717, 1.165) is 19.4 Å². The van der Waals surface area contributed by atoms with Gasteiger partial charge in [-0.2, -0.15) is 0 Å². The van der Waals surface area contributed by atoms with Gasteiger partial charge in [-0.1, -0.05) is 0 Å². The lowest BCUT2D eigenvalue weighted by Crippen LogP contribution is -2.37. The fourth-order valence-electron chi connectivity index (χ4n) is 2.54. The van der Waals surface area contributed by atoms with Crippen molar-refractivity contribution in [2.75, 3.05) is 33.9 Å². The molecule has 1 heterocycles. The predicted octanol–water partition coefficient (Wildman–Crippen LogP) is 2.34. The van der Waals surface area contributed by atoms with Crippen LogP contribution in [0.2, 0.25) is 0 Å². The number of benzene rings is 1. The fourth-order valence-corrected chi connectivity index (χ4v) is 2.54. The predicted molar refractivity (Wildman–Crippen MR) is 80.1 cm³/mol. The van der Waals surface area contributed by atoms with Gasteiger partial charge in [0.15, 0.2) is 0 Å². The third kappa shape index (κ3) is 3.67. The molecule has 1 fully saturated rings. The molecule has 21 heavy (non-hydrogen) atoms. The summed E-state index contributed by atoms with van der Waals surface area (Å²) >= 11 is 0. The summed E-state index contributed by atoms with van der Waals surface area (Å²) in [6, 6.07) is 5.25. The van der Waals surface area contributed by atoms with E-state index in [1.54, 1.807) is 37.3 Å². The fraction of sp³-hybridized carbons (Fsp3) is 0.562. The second-order valence-electron chi connectivity index (χ2n) is 5.05. The van der Waals surface area contributed by atoms with Gasteiger partial charge >= 0.3 is 0 Å². The minimum atomic E-state index is -0.0347. The summed E-state index contributed by atoms with van der Waals surface area (Å²) in [5.74, 6) is 1.17. The van der Waals surface area contributed by atoms with Gasteiger partial charge in [-0.3, -0.25) is 4.79 Å². The van der Waals surface area contributed by atoms with Crippen LogP contribution in [0.25, 0.3) is 0 Å². The van der Waals surface area contributed by atoms with E-state index in [4.69, 9.17) is 14.2 Å². The van der Waals surface area contributed by atoms with E-state index in [1.165, 1.54) is 0 Å². The van der Waals surface area contributed by atoms with E-state index in [1.807, 2.05) is 6.92 Å². The van der Waals surface area contributed by atoms with Crippen LogP contribution in [-0.4, -0.2) is 50.8 Å². The van der Waals surface area contributed by atoms with Gasteiger partial charge in [-0.15, -0.1) is 0 Å². The molecule has 5 nitrogen and oxygen atoms in total. The van der Waals surface area contributed by atoms with Gasteiger partial charge in [-0.25, -0.2) is 0 Å². The number of carbonyl (C=O) groups is 1. The summed E-state index contributed by atoms with van der Waals surface area (Å²) in [7, 11) is 3.15. The van der Waals surface area contributed by atoms with Crippen LogP contribution in [0.5, 0.6) is 11.5 Å². The highest BCUT2D eigenvalue weighted by molar-refractivity contribution is 5.97. The SMILES string of the molecule is CCN(C[C@H]1CCCO1)C(=O)c1ccc(OC)cc1OC. The number of hydrogen-bond donors (Lipinski definition) is 0. The Bertz CT molecular complexity index is 483. The van der Waals surface area contributed by atoms with E-state index in [2.05, 4.69) is 0 Å². The van der Waals surface area contributed by atoms with Crippen molar-refractivity contribution in [2.24, 2.45) is 0 Å². The van der Waals surface area contributed by atoms with E-state index in [9.17, 15) is 4.79 Å². The van der Waals surface area contributed by atoms with Crippen molar-refractivity contribution in [3.63, 3.8) is 0 Å². The minimum Gasteiger partial charge on any atom is -0.497 e. The Balaban J connectivity index is 2.16. The minimum absolute atomic E-state index is 0.0347. The molecule has 1 saturated heterocycles.